The smallest absolute Gasteiger partial charge is 0.219 e. The Labute approximate surface area is 189 Å². The molecule has 0 radical (unpaired) electrons. The van der Waals surface area contributed by atoms with Gasteiger partial charge in [-0.05, 0) is 57.3 Å². The van der Waals surface area contributed by atoms with Crippen molar-refractivity contribution in [3.63, 3.8) is 0 Å². The van der Waals surface area contributed by atoms with E-state index >= 15 is 0 Å². The quantitative estimate of drug-likeness (QED) is 0.212. The van der Waals surface area contributed by atoms with Gasteiger partial charge in [-0.25, -0.2) is 0 Å². The molecule has 1 atom stereocenters. The van der Waals surface area contributed by atoms with Crippen molar-refractivity contribution < 1.29 is 9.53 Å². The summed E-state index contributed by atoms with van der Waals surface area (Å²) in [6.45, 7) is 17.6. The number of carbonyl (C=O) groups excluding carboxylic acids is 1. The van der Waals surface area contributed by atoms with Gasteiger partial charge in [0.15, 0.2) is 0 Å². The van der Waals surface area contributed by atoms with Crippen LogP contribution >= 0.6 is 0 Å². The van der Waals surface area contributed by atoms with E-state index in [0.29, 0.717) is 11.8 Å². The second-order valence-corrected chi connectivity index (χ2v) is 11.3. The van der Waals surface area contributed by atoms with Crippen LogP contribution in [0.4, 0.5) is 0 Å². The first kappa shape index (κ1) is 29.4. The Bertz CT molecular complexity index is 412. The van der Waals surface area contributed by atoms with Gasteiger partial charge in [0.25, 0.3) is 0 Å². The first-order chi connectivity index (χ1) is 14.1. The van der Waals surface area contributed by atoms with E-state index in [-0.39, 0.29) is 11.5 Å². The Kier molecular flexibility index (Phi) is 16.7. The van der Waals surface area contributed by atoms with Crippen molar-refractivity contribution in [1.82, 2.24) is 5.32 Å². The second-order valence-electron chi connectivity index (χ2n) is 11.3. The van der Waals surface area contributed by atoms with Gasteiger partial charge in [-0.3, -0.25) is 4.79 Å². The minimum absolute atomic E-state index is 0.0212. The molecular weight excluding hydrogens is 370 g/mol. The third kappa shape index (κ3) is 20.7. The van der Waals surface area contributed by atoms with Crippen molar-refractivity contribution in [2.24, 2.45) is 11.3 Å². The van der Waals surface area contributed by atoms with Gasteiger partial charge in [-0.2, -0.15) is 0 Å². The van der Waals surface area contributed by atoms with Crippen LogP contribution in [-0.2, 0) is 9.53 Å². The number of hydrogen-bond acceptors (Lipinski definition) is 2. The standard InChI is InChI=1S/C27H55NO2/c1-8-20-27(6,7)30-22-17-13-12-16-21-28-25(29)19-15-11-9-10-14-18-24(2)23-26(3,4)5/h24H,8-23H2,1-7H3,(H,28,29). The fraction of sp³-hybridized carbons (Fsp3) is 0.963. The molecule has 0 bridgehead atoms. The number of carbonyl (C=O) groups is 1. The van der Waals surface area contributed by atoms with Crippen molar-refractivity contribution in [2.75, 3.05) is 13.2 Å². The zero-order chi connectivity index (χ0) is 22.9. The maximum Gasteiger partial charge on any atom is 0.219 e. The highest BCUT2D eigenvalue weighted by Crippen LogP contribution is 2.27. The van der Waals surface area contributed by atoms with Crippen LogP contribution in [0.2, 0.25) is 0 Å². The summed E-state index contributed by atoms with van der Waals surface area (Å²) in [6, 6.07) is 0. The van der Waals surface area contributed by atoms with Crippen LogP contribution in [0.25, 0.3) is 0 Å². The van der Waals surface area contributed by atoms with E-state index in [1.807, 2.05) is 0 Å². The number of rotatable bonds is 19. The van der Waals surface area contributed by atoms with Crippen LogP contribution in [0, 0.1) is 11.3 Å². The third-order valence-electron chi connectivity index (χ3n) is 5.80. The number of unbranched alkanes of at least 4 members (excludes halogenated alkanes) is 7. The van der Waals surface area contributed by atoms with Gasteiger partial charge in [0.05, 0.1) is 5.60 Å². The number of hydrogen-bond donors (Lipinski definition) is 1. The molecule has 3 heteroatoms. The molecule has 180 valence electrons. The average molecular weight is 426 g/mol. The molecule has 0 aromatic rings. The van der Waals surface area contributed by atoms with E-state index in [0.717, 1.165) is 44.8 Å². The molecule has 0 heterocycles. The molecule has 3 nitrogen and oxygen atoms in total. The first-order valence-electron chi connectivity index (χ1n) is 13.0. The van der Waals surface area contributed by atoms with Crippen molar-refractivity contribution >= 4 is 5.91 Å². The van der Waals surface area contributed by atoms with Gasteiger partial charge in [-0.15, -0.1) is 0 Å². The SMILES string of the molecule is CCCC(C)(C)OCCCCCCNC(=O)CCCCCCCC(C)CC(C)(C)C. The Morgan fingerprint density at radius 1 is 0.867 bits per heavy atom. The molecule has 0 saturated heterocycles. The largest absolute Gasteiger partial charge is 0.376 e. The minimum Gasteiger partial charge on any atom is -0.376 e. The Morgan fingerprint density at radius 3 is 2.13 bits per heavy atom. The molecule has 0 rings (SSSR count). The lowest BCUT2D eigenvalue weighted by Crippen LogP contribution is -2.24. The van der Waals surface area contributed by atoms with Crippen molar-refractivity contribution in [1.29, 1.82) is 0 Å². The highest BCUT2D eigenvalue weighted by Gasteiger charge is 2.16. The number of nitrogens with one attached hydrogen (secondary N) is 1. The fourth-order valence-corrected chi connectivity index (χ4v) is 4.38. The molecule has 0 fully saturated rings. The summed E-state index contributed by atoms with van der Waals surface area (Å²) in [6.07, 6.45) is 16.4. The molecule has 0 aliphatic heterocycles. The van der Waals surface area contributed by atoms with E-state index in [4.69, 9.17) is 4.74 Å². The van der Waals surface area contributed by atoms with Crippen LogP contribution in [0.3, 0.4) is 0 Å². The van der Waals surface area contributed by atoms with Crippen LogP contribution < -0.4 is 5.32 Å². The highest BCUT2D eigenvalue weighted by atomic mass is 16.5. The Hall–Kier alpha value is -0.570. The minimum atomic E-state index is 0.0212. The molecule has 0 aliphatic carbocycles. The van der Waals surface area contributed by atoms with Crippen LogP contribution in [0.5, 0.6) is 0 Å². The summed E-state index contributed by atoms with van der Waals surface area (Å²) in [5.74, 6) is 1.06. The lowest BCUT2D eigenvalue weighted by Gasteiger charge is -2.24. The second kappa shape index (κ2) is 17.0. The molecule has 1 unspecified atom stereocenters. The third-order valence-corrected chi connectivity index (χ3v) is 5.80. The summed E-state index contributed by atoms with van der Waals surface area (Å²) >= 11 is 0. The number of ether oxygens (including phenoxy) is 1. The number of amides is 1. The molecule has 0 spiro atoms. The maximum atomic E-state index is 11.9. The normalized spacial score (nSPS) is 13.4. The molecular formula is C27H55NO2. The summed E-state index contributed by atoms with van der Waals surface area (Å²) in [5, 5.41) is 3.08. The zero-order valence-corrected chi connectivity index (χ0v) is 21.7. The van der Waals surface area contributed by atoms with E-state index in [1.54, 1.807) is 0 Å². The molecule has 30 heavy (non-hydrogen) atoms. The summed E-state index contributed by atoms with van der Waals surface area (Å²) in [7, 11) is 0. The topological polar surface area (TPSA) is 38.3 Å². The van der Waals surface area contributed by atoms with Crippen molar-refractivity contribution in [2.45, 2.75) is 144 Å². The summed E-state index contributed by atoms with van der Waals surface area (Å²) in [5.41, 5.74) is 0.472. The molecule has 0 saturated carbocycles. The summed E-state index contributed by atoms with van der Waals surface area (Å²) in [4.78, 5) is 11.9. The summed E-state index contributed by atoms with van der Waals surface area (Å²) < 4.78 is 5.95. The van der Waals surface area contributed by atoms with E-state index < -0.39 is 0 Å². The highest BCUT2D eigenvalue weighted by molar-refractivity contribution is 5.75. The lowest BCUT2D eigenvalue weighted by molar-refractivity contribution is -0.121. The van der Waals surface area contributed by atoms with Gasteiger partial charge in [0, 0.05) is 19.6 Å². The van der Waals surface area contributed by atoms with Gasteiger partial charge in [0.2, 0.25) is 5.91 Å². The van der Waals surface area contributed by atoms with E-state index in [1.165, 1.54) is 57.8 Å². The van der Waals surface area contributed by atoms with Gasteiger partial charge < -0.3 is 10.1 Å². The maximum absolute atomic E-state index is 11.9. The van der Waals surface area contributed by atoms with Gasteiger partial charge >= 0.3 is 0 Å². The van der Waals surface area contributed by atoms with Gasteiger partial charge in [-0.1, -0.05) is 86.0 Å². The average Bonchev–Trinajstić information content (AvgIpc) is 2.61. The van der Waals surface area contributed by atoms with E-state index in [2.05, 4.69) is 53.8 Å². The first-order valence-corrected chi connectivity index (χ1v) is 13.0. The Morgan fingerprint density at radius 2 is 1.47 bits per heavy atom. The van der Waals surface area contributed by atoms with Crippen LogP contribution in [-0.4, -0.2) is 24.7 Å². The molecule has 0 aromatic heterocycles. The Balaban J connectivity index is 3.41. The van der Waals surface area contributed by atoms with Crippen molar-refractivity contribution in [3.8, 4) is 0 Å². The predicted octanol–water partition coefficient (Wildman–Crippen LogP) is 8.06. The lowest BCUT2D eigenvalue weighted by atomic mass is 9.83. The van der Waals surface area contributed by atoms with E-state index in [9.17, 15) is 4.79 Å². The zero-order valence-electron chi connectivity index (χ0n) is 21.7. The van der Waals surface area contributed by atoms with Crippen LogP contribution in [0.1, 0.15) is 138 Å². The van der Waals surface area contributed by atoms with Crippen LogP contribution in [0.15, 0.2) is 0 Å². The molecule has 1 N–H and O–H groups in total. The molecule has 0 aromatic carbocycles. The van der Waals surface area contributed by atoms with Gasteiger partial charge in [0.1, 0.15) is 0 Å². The molecule has 1 amide bonds. The fourth-order valence-electron chi connectivity index (χ4n) is 4.38. The molecule has 0 aliphatic rings. The predicted molar refractivity (Wildman–Crippen MR) is 132 cm³/mol. The monoisotopic (exact) mass is 425 g/mol. The van der Waals surface area contributed by atoms with Crippen molar-refractivity contribution in [3.05, 3.63) is 0 Å².